The Balaban J connectivity index is 3.17. The predicted octanol–water partition coefficient (Wildman–Crippen LogP) is 2.17. The molecule has 0 aliphatic rings. The summed E-state index contributed by atoms with van der Waals surface area (Å²) in [5.41, 5.74) is 0.0697. The van der Waals surface area contributed by atoms with Crippen LogP contribution in [0.2, 0.25) is 0 Å². The Morgan fingerprint density at radius 3 is 2.73 bits per heavy atom. The summed E-state index contributed by atoms with van der Waals surface area (Å²) < 4.78 is 0. The van der Waals surface area contributed by atoms with Crippen molar-refractivity contribution in [2.24, 2.45) is 0 Å². The molecule has 0 aliphatic heterocycles. The molecule has 15 heavy (non-hydrogen) atoms. The molecule has 0 fully saturated rings. The zero-order chi connectivity index (χ0) is 11.6. The summed E-state index contributed by atoms with van der Waals surface area (Å²) in [6.45, 7) is 4.22. The Morgan fingerprint density at radius 1 is 1.73 bits per heavy atom. The fraction of sp³-hybridized carbons (Fsp3) is 0.556. The molecule has 1 aromatic rings. The highest BCUT2D eigenvalue weighted by Crippen LogP contribution is 2.39. The third-order valence-corrected chi connectivity index (χ3v) is 3.55. The monoisotopic (exact) mass is 230 g/mol. The van der Waals surface area contributed by atoms with Crippen LogP contribution in [0.4, 0.5) is 10.7 Å². The molecule has 84 valence electrons. The highest BCUT2D eigenvalue weighted by atomic mass is 32.1. The third kappa shape index (κ3) is 2.45. The lowest BCUT2D eigenvalue weighted by Gasteiger charge is -2.12. The van der Waals surface area contributed by atoms with Crippen molar-refractivity contribution in [1.29, 1.82) is 0 Å². The molecule has 0 aliphatic carbocycles. The van der Waals surface area contributed by atoms with Crippen molar-refractivity contribution >= 4 is 22.0 Å². The lowest BCUT2D eigenvalue weighted by Crippen LogP contribution is -2.15. The number of aliphatic hydroxyl groups excluding tert-OH is 1. The first-order valence-corrected chi connectivity index (χ1v) is 5.46. The summed E-state index contributed by atoms with van der Waals surface area (Å²) in [5.74, 6) is 0. The normalized spacial score (nSPS) is 12.5. The van der Waals surface area contributed by atoms with Crippen LogP contribution in [0.5, 0.6) is 0 Å². The maximum Gasteiger partial charge on any atom is 0.304 e. The second-order valence-corrected chi connectivity index (χ2v) is 4.35. The summed E-state index contributed by atoms with van der Waals surface area (Å²) in [6, 6.07) is 1.44. The van der Waals surface area contributed by atoms with Crippen LogP contribution in [0.1, 0.15) is 24.8 Å². The van der Waals surface area contributed by atoms with E-state index in [1.807, 2.05) is 6.92 Å². The van der Waals surface area contributed by atoms with Crippen LogP contribution in [0.15, 0.2) is 6.07 Å². The molecule has 5 nitrogen and oxygen atoms in total. The van der Waals surface area contributed by atoms with Gasteiger partial charge in [0.05, 0.1) is 11.0 Å². The molecule has 0 saturated heterocycles. The van der Waals surface area contributed by atoms with Gasteiger partial charge in [-0.05, 0) is 13.8 Å². The van der Waals surface area contributed by atoms with E-state index in [0.29, 0.717) is 16.4 Å². The first kappa shape index (κ1) is 11.9. The molecule has 1 N–H and O–H groups in total. The van der Waals surface area contributed by atoms with Crippen LogP contribution in [0.3, 0.4) is 0 Å². The van der Waals surface area contributed by atoms with Gasteiger partial charge in [0.15, 0.2) is 5.00 Å². The Bertz CT molecular complexity index is 362. The second-order valence-electron chi connectivity index (χ2n) is 3.29. The summed E-state index contributed by atoms with van der Waals surface area (Å²) >= 11 is 1.26. The van der Waals surface area contributed by atoms with E-state index in [-0.39, 0.29) is 5.69 Å². The predicted molar refractivity (Wildman–Crippen MR) is 60.6 cm³/mol. The summed E-state index contributed by atoms with van der Waals surface area (Å²) in [7, 11) is 1.80. The minimum absolute atomic E-state index is 0.0697. The van der Waals surface area contributed by atoms with E-state index in [4.69, 9.17) is 0 Å². The van der Waals surface area contributed by atoms with Crippen molar-refractivity contribution in [2.45, 2.75) is 20.0 Å². The van der Waals surface area contributed by atoms with E-state index in [0.717, 1.165) is 0 Å². The maximum atomic E-state index is 10.8. The first-order valence-electron chi connectivity index (χ1n) is 4.64. The van der Waals surface area contributed by atoms with Gasteiger partial charge in [-0.25, -0.2) is 0 Å². The Kier molecular flexibility index (Phi) is 3.65. The average molecular weight is 230 g/mol. The Hall–Kier alpha value is -1.14. The molecular weight excluding hydrogens is 216 g/mol. The number of anilines is 1. The van der Waals surface area contributed by atoms with Crippen molar-refractivity contribution < 1.29 is 10.0 Å². The average Bonchev–Trinajstić information content (AvgIpc) is 2.61. The molecule has 0 amide bonds. The van der Waals surface area contributed by atoms with E-state index in [9.17, 15) is 15.2 Å². The van der Waals surface area contributed by atoms with Gasteiger partial charge in [-0.3, -0.25) is 10.1 Å². The summed E-state index contributed by atoms with van der Waals surface area (Å²) in [4.78, 5) is 12.8. The van der Waals surface area contributed by atoms with Crippen molar-refractivity contribution in [1.82, 2.24) is 0 Å². The number of hydrogen-bond acceptors (Lipinski definition) is 5. The Labute approximate surface area is 92.1 Å². The van der Waals surface area contributed by atoms with Crippen LogP contribution in [-0.2, 0) is 0 Å². The molecule has 0 radical (unpaired) electrons. The van der Waals surface area contributed by atoms with E-state index >= 15 is 0 Å². The molecule has 0 aromatic carbocycles. The van der Waals surface area contributed by atoms with Gasteiger partial charge in [0.2, 0.25) is 0 Å². The van der Waals surface area contributed by atoms with Crippen molar-refractivity contribution in [3.63, 3.8) is 0 Å². The van der Waals surface area contributed by atoms with Gasteiger partial charge in [0.1, 0.15) is 0 Å². The second kappa shape index (κ2) is 4.59. The van der Waals surface area contributed by atoms with E-state index in [1.54, 1.807) is 18.9 Å². The van der Waals surface area contributed by atoms with Gasteiger partial charge in [-0.2, -0.15) is 0 Å². The minimum atomic E-state index is -0.660. The number of nitro groups is 1. The van der Waals surface area contributed by atoms with Crippen LogP contribution >= 0.6 is 11.3 Å². The van der Waals surface area contributed by atoms with Gasteiger partial charge in [-0.1, -0.05) is 0 Å². The number of nitrogens with zero attached hydrogens (tertiary/aromatic N) is 2. The fourth-order valence-electron chi connectivity index (χ4n) is 1.14. The molecule has 1 rings (SSSR count). The van der Waals surface area contributed by atoms with Crippen LogP contribution in [0, 0.1) is 10.1 Å². The lowest BCUT2D eigenvalue weighted by molar-refractivity contribution is -0.383. The third-order valence-electron chi connectivity index (χ3n) is 2.14. The standard InChI is InChI=1S/C9H14N2O3S/c1-4-10(3)9-7(11(13)14)5-8(15-9)6(2)12/h5-6,12H,4H2,1-3H3/t6-/m1/s1. The first-order chi connectivity index (χ1) is 6.97. The van der Waals surface area contributed by atoms with Gasteiger partial charge >= 0.3 is 5.69 Å². The smallest absolute Gasteiger partial charge is 0.304 e. The van der Waals surface area contributed by atoms with Crippen LogP contribution in [0.25, 0.3) is 0 Å². The van der Waals surface area contributed by atoms with Gasteiger partial charge in [0.25, 0.3) is 0 Å². The van der Waals surface area contributed by atoms with Crippen molar-refractivity contribution in [3.05, 3.63) is 21.1 Å². The molecular formula is C9H14N2O3S. The molecule has 0 bridgehead atoms. The molecule has 6 heteroatoms. The molecule has 1 aromatic heterocycles. The summed E-state index contributed by atoms with van der Waals surface area (Å²) in [6.07, 6.45) is -0.660. The molecule has 0 unspecified atom stereocenters. The van der Waals surface area contributed by atoms with Crippen LogP contribution < -0.4 is 4.90 Å². The molecule has 0 saturated carbocycles. The van der Waals surface area contributed by atoms with E-state index in [2.05, 4.69) is 0 Å². The largest absolute Gasteiger partial charge is 0.388 e. The quantitative estimate of drug-likeness (QED) is 0.636. The highest BCUT2D eigenvalue weighted by Gasteiger charge is 2.22. The number of rotatable bonds is 4. The maximum absolute atomic E-state index is 10.8. The fourth-order valence-corrected chi connectivity index (χ4v) is 2.23. The van der Waals surface area contributed by atoms with Gasteiger partial charge in [0, 0.05) is 24.5 Å². The lowest BCUT2D eigenvalue weighted by atomic mass is 10.3. The topological polar surface area (TPSA) is 66.6 Å². The SMILES string of the molecule is CCN(C)c1sc([C@@H](C)O)cc1[N+](=O)[O-]. The zero-order valence-electron chi connectivity index (χ0n) is 8.93. The summed E-state index contributed by atoms with van der Waals surface area (Å²) in [5, 5.41) is 20.7. The highest BCUT2D eigenvalue weighted by molar-refractivity contribution is 7.16. The number of hydrogen-bond donors (Lipinski definition) is 1. The zero-order valence-corrected chi connectivity index (χ0v) is 9.74. The molecule has 1 heterocycles. The van der Waals surface area contributed by atoms with Crippen LogP contribution in [-0.4, -0.2) is 23.6 Å². The van der Waals surface area contributed by atoms with Crippen molar-refractivity contribution in [2.75, 3.05) is 18.5 Å². The number of thiophene rings is 1. The molecule has 0 spiro atoms. The van der Waals surface area contributed by atoms with Crippen molar-refractivity contribution in [3.8, 4) is 0 Å². The molecule has 1 atom stereocenters. The Morgan fingerprint density at radius 2 is 2.33 bits per heavy atom. The minimum Gasteiger partial charge on any atom is -0.388 e. The van der Waals surface area contributed by atoms with E-state index in [1.165, 1.54) is 17.4 Å². The number of aliphatic hydroxyl groups is 1. The van der Waals surface area contributed by atoms with E-state index < -0.39 is 11.0 Å². The van der Waals surface area contributed by atoms with Gasteiger partial charge in [-0.15, -0.1) is 11.3 Å². The van der Waals surface area contributed by atoms with Gasteiger partial charge < -0.3 is 10.0 Å².